The van der Waals surface area contributed by atoms with Gasteiger partial charge >= 0.3 is 11.6 Å². The van der Waals surface area contributed by atoms with Gasteiger partial charge in [-0.05, 0) is 18.6 Å². The largest absolute Gasteiger partial charge is 0.492 e. The fraction of sp³-hybridized carbons (Fsp3) is 0.125. The molecule has 0 aliphatic carbocycles. The molecule has 0 aliphatic rings. The summed E-state index contributed by atoms with van der Waals surface area (Å²) in [5.74, 6) is -1.90. The van der Waals surface area contributed by atoms with E-state index in [4.69, 9.17) is 20.2 Å². The molecule has 2 aromatic heterocycles. The summed E-state index contributed by atoms with van der Waals surface area (Å²) in [6.45, 7) is 1.60. The Hall–Kier alpha value is -3.19. The van der Waals surface area contributed by atoms with Gasteiger partial charge < -0.3 is 25.2 Å². The molecule has 3 rings (SSSR count). The highest BCUT2D eigenvalue weighted by atomic mass is 32.2. The van der Waals surface area contributed by atoms with Crippen LogP contribution in [-0.4, -0.2) is 26.2 Å². The van der Waals surface area contributed by atoms with Crippen LogP contribution in [0.4, 0.5) is 5.69 Å². The lowest BCUT2D eigenvalue weighted by atomic mass is 10.0. The van der Waals surface area contributed by atoms with Crippen molar-refractivity contribution in [1.29, 1.82) is 0 Å². The topological polar surface area (TPSA) is 167 Å². The van der Waals surface area contributed by atoms with Gasteiger partial charge in [0, 0.05) is 23.6 Å². The molecule has 0 atom stereocenters. The summed E-state index contributed by atoms with van der Waals surface area (Å²) < 4.78 is 10.1. The summed E-state index contributed by atoms with van der Waals surface area (Å²) >= 11 is 0.633. The van der Waals surface area contributed by atoms with E-state index in [1.165, 1.54) is 12.1 Å². The zero-order valence-corrected chi connectivity index (χ0v) is 15.1. The van der Waals surface area contributed by atoms with Crippen molar-refractivity contribution < 1.29 is 38.9 Å². The number of nitrogens with zero attached hydrogens (tertiary/aromatic N) is 1. The molecule has 3 aromatic rings. The highest BCUT2D eigenvalue weighted by molar-refractivity contribution is 7.94. The van der Waals surface area contributed by atoms with Gasteiger partial charge in [0.25, 0.3) is 0 Å². The van der Waals surface area contributed by atoms with Crippen molar-refractivity contribution in [3.8, 4) is 11.8 Å². The first-order valence-electron chi connectivity index (χ1n) is 7.63. The van der Waals surface area contributed by atoms with Crippen LogP contribution in [0.3, 0.4) is 0 Å². The molecule has 0 fully saturated rings. The molecule has 0 spiro atoms. The number of benzene rings is 1. The van der Waals surface area contributed by atoms with Crippen LogP contribution in [0.1, 0.15) is 11.1 Å². The standard InChI is InChI=1S/C16H14N2O9S/c1-7-8-4-12(28-27-26-23)10(17)6-11(8)24-16(22)9(7)5-15(21)25-18-13(19)2-3-14(18)20/h2-4,6,19-20,23H,5,17H2,1H3. The first-order chi connectivity index (χ1) is 13.3. The van der Waals surface area contributed by atoms with E-state index < -0.39 is 29.8 Å². The van der Waals surface area contributed by atoms with Crippen molar-refractivity contribution in [2.75, 3.05) is 5.73 Å². The number of fused-ring (bicyclic) bond motifs is 1. The summed E-state index contributed by atoms with van der Waals surface area (Å²) in [7, 11) is 0. The number of nitrogen functional groups attached to an aromatic ring is 1. The van der Waals surface area contributed by atoms with Gasteiger partial charge in [0.05, 0.1) is 34.6 Å². The maximum Gasteiger partial charge on any atom is 0.340 e. The minimum absolute atomic E-state index is 0.0173. The number of hydrogen-bond acceptors (Lipinski definition) is 11. The Balaban J connectivity index is 1.95. The fourth-order valence-electron chi connectivity index (χ4n) is 2.53. The Morgan fingerprint density at radius 2 is 1.96 bits per heavy atom. The Morgan fingerprint density at radius 3 is 2.61 bits per heavy atom. The van der Waals surface area contributed by atoms with Crippen molar-refractivity contribution in [2.45, 2.75) is 18.2 Å². The van der Waals surface area contributed by atoms with Gasteiger partial charge in [-0.15, -0.1) is 9.06 Å². The molecule has 28 heavy (non-hydrogen) atoms. The quantitative estimate of drug-likeness (QED) is 0.153. The van der Waals surface area contributed by atoms with E-state index >= 15 is 0 Å². The van der Waals surface area contributed by atoms with Crippen LogP contribution in [0, 0.1) is 6.92 Å². The first kappa shape index (κ1) is 19.6. The van der Waals surface area contributed by atoms with Crippen molar-refractivity contribution in [3.63, 3.8) is 0 Å². The smallest absolute Gasteiger partial charge is 0.340 e. The van der Waals surface area contributed by atoms with Crippen LogP contribution in [0.25, 0.3) is 11.0 Å². The van der Waals surface area contributed by atoms with Crippen molar-refractivity contribution in [1.82, 2.24) is 4.73 Å². The summed E-state index contributed by atoms with van der Waals surface area (Å²) in [6, 6.07) is 5.18. The van der Waals surface area contributed by atoms with Crippen LogP contribution >= 0.6 is 12.0 Å². The van der Waals surface area contributed by atoms with Crippen LogP contribution in [0.2, 0.25) is 0 Å². The molecular formula is C16H14N2O9S. The lowest BCUT2D eigenvalue weighted by Gasteiger charge is -2.11. The SMILES string of the molecule is Cc1c(CC(=O)On2c(O)ccc2O)c(=O)oc2cc(N)c(SOOO)cc12. The van der Waals surface area contributed by atoms with E-state index in [1.807, 2.05) is 0 Å². The van der Waals surface area contributed by atoms with E-state index in [2.05, 4.69) is 9.37 Å². The Labute approximate surface area is 160 Å². The van der Waals surface area contributed by atoms with E-state index in [-0.39, 0.29) is 16.8 Å². The number of aromatic hydroxyl groups is 2. The molecule has 0 bridgehead atoms. The van der Waals surface area contributed by atoms with Crippen LogP contribution < -0.4 is 16.2 Å². The van der Waals surface area contributed by atoms with Gasteiger partial charge in [0.2, 0.25) is 11.8 Å². The Bertz CT molecular complexity index is 1090. The van der Waals surface area contributed by atoms with Crippen molar-refractivity contribution in [3.05, 3.63) is 45.8 Å². The lowest BCUT2D eigenvalue weighted by molar-refractivity contribution is -0.432. The van der Waals surface area contributed by atoms with E-state index in [9.17, 15) is 19.8 Å². The Kier molecular flexibility index (Phi) is 5.46. The Morgan fingerprint density at radius 1 is 1.29 bits per heavy atom. The number of carbonyl (C=O) groups is 1. The maximum absolute atomic E-state index is 12.3. The first-order valence-corrected chi connectivity index (χ1v) is 8.37. The van der Waals surface area contributed by atoms with Crippen LogP contribution in [-0.2, 0) is 20.6 Å². The van der Waals surface area contributed by atoms with E-state index in [0.29, 0.717) is 32.6 Å². The van der Waals surface area contributed by atoms with Gasteiger partial charge in [0.15, 0.2) is 0 Å². The average Bonchev–Trinajstić information content (AvgIpc) is 2.96. The lowest BCUT2D eigenvalue weighted by Crippen LogP contribution is -2.24. The highest BCUT2D eigenvalue weighted by Gasteiger charge is 2.19. The second kappa shape index (κ2) is 7.82. The molecule has 0 amide bonds. The number of nitrogens with two attached hydrogens (primary N) is 1. The number of hydrogen-bond donors (Lipinski definition) is 4. The van der Waals surface area contributed by atoms with E-state index in [1.54, 1.807) is 6.92 Å². The molecule has 5 N–H and O–H groups in total. The van der Waals surface area contributed by atoms with Gasteiger partial charge in [-0.1, -0.05) is 5.04 Å². The molecule has 0 aliphatic heterocycles. The third-order valence-corrected chi connectivity index (χ3v) is 4.55. The molecule has 1 aromatic carbocycles. The second-order valence-corrected chi connectivity index (χ2v) is 6.33. The summed E-state index contributed by atoms with van der Waals surface area (Å²) in [5, 5.41) is 31.3. The van der Waals surface area contributed by atoms with Crippen LogP contribution in [0.5, 0.6) is 11.8 Å². The third-order valence-electron chi connectivity index (χ3n) is 3.88. The van der Waals surface area contributed by atoms with Crippen LogP contribution in [0.15, 0.2) is 38.4 Å². The minimum Gasteiger partial charge on any atom is -0.492 e. The fourth-order valence-corrected chi connectivity index (χ4v) is 2.96. The van der Waals surface area contributed by atoms with Gasteiger partial charge in [-0.25, -0.2) is 14.8 Å². The molecule has 12 heteroatoms. The van der Waals surface area contributed by atoms with Crippen molar-refractivity contribution in [2.24, 2.45) is 0 Å². The summed E-state index contributed by atoms with van der Waals surface area (Å²) in [4.78, 5) is 29.7. The number of anilines is 1. The maximum atomic E-state index is 12.3. The minimum atomic E-state index is -0.918. The molecule has 148 valence electrons. The number of carbonyl (C=O) groups excluding carboxylic acids is 1. The number of rotatable bonds is 6. The summed E-state index contributed by atoms with van der Waals surface area (Å²) in [6.07, 6.45) is -0.482. The molecular weight excluding hydrogens is 396 g/mol. The number of aryl methyl sites for hydroxylation is 1. The predicted octanol–water partition coefficient (Wildman–Crippen LogP) is 1.52. The molecule has 0 saturated heterocycles. The molecule has 0 radical (unpaired) electrons. The van der Waals surface area contributed by atoms with Crippen molar-refractivity contribution >= 4 is 34.7 Å². The zero-order chi connectivity index (χ0) is 20.4. The van der Waals surface area contributed by atoms with E-state index in [0.717, 1.165) is 12.1 Å². The molecule has 11 nitrogen and oxygen atoms in total. The monoisotopic (exact) mass is 410 g/mol. The molecule has 0 unspecified atom stereocenters. The second-order valence-electron chi connectivity index (χ2n) is 5.59. The average molecular weight is 410 g/mol. The number of aromatic nitrogens is 1. The van der Waals surface area contributed by atoms with Gasteiger partial charge in [0.1, 0.15) is 5.58 Å². The van der Waals surface area contributed by atoms with Gasteiger partial charge in [-0.2, -0.15) is 0 Å². The zero-order valence-electron chi connectivity index (χ0n) is 14.2. The summed E-state index contributed by atoms with van der Waals surface area (Å²) in [5.41, 5.74) is 5.90. The molecule has 2 heterocycles. The normalized spacial score (nSPS) is 11.1. The highest BCUT2D eigenvalue weighted by Crippen LogP contribution is 2.32. The van der Waals surface area contributed by atoms with Gasteiger partial charge in [-0.3, -0.25) is 0 Å². The molecule has 0 saturated carbocycles. The third kappa shape index (κ3) is 3.75. The predicted molar refractivity (Wildman–Crippen MR) is 95.3 cm³/mol.